The highest BCUT2D eigenvalue weighted by molar-refractivity contribution is 7.85. The van der Waals surface area contributed by atoms with Crippen LogP contribution in [0.3, 0.4) is 0 Å². The van der Waals surface area contributed by atoms with E-state index in [0.717, 1.165) is 16.8 Å². The number of amides is 1. The van der Waals surface area contributed by atoms with E-state index in [4.69, 9.17) is 10.3 Å². The Morgan fingerprint density at radius 1 is 1.18 bits per heavy atom. The number of aromatic nitrogens is 1. The summed E-state index contributed by atoms with van der Waals surface area (Å²) in [6.45, 7) is 0. The fourth-order valence-electron chi connectivity index (χ4n) is 1.53. The minimum absolute atomic E-state index is 0. The highest BCUT2D eigenvalue weighted by atomic mass is 32.2. The van der Waals surface area contributed by atoms with E-state index < -0.39 is 10.1 Å². The molecular formula is C14H18N2O5S. The summed E-state index contributed by atoms with van der Waals surface area (Å²) in [6.07, 6.45) is 2.75. The fourth-order valence-corrected chi connectivity index (χ4v) is 1.53. The van der Waals surface area contributed by atoms with Gasteiger partial charge in [0.25, 0.3) is 10.1 Å². The summed E-state index contributed by atoms with van der Waals surface area (Å²) in [5.74, 6) is -0.314. The highest BCUT2D eigenvalue weighted by Crippen LogP contribution is 2.16. The molecule has 22 heavy (non-hydrogen) atoms. The van der Waals surface area contributed by atoms with Crippen LogP contribution in [-0.4, -0.2) is 35.6 Å². The molecule has 0 spiro atoms. The monoisotopic (exact) mass is 326 g/mol. The molecule has 0 radical (unpaired) electrons. The summed E-state index contributed by atoms with van der Waals surface area (Å²) in [6, 6.07) is 13.5. The highest BCUT2D eigenvalue weighted by Gasteiger charge is 2.00. The Morgan fingerprint density at radius 3 is 2.14 bits per heavy atom. The average molecular weight is 326 g/mol. The smallest absolute Gasteiger partial charge is 0.261 e. The topological polar surface area (TPSA) is 142 Å². The first-order valence-corrected chi connectivity index (χ1v) is 7.81. The van der Waals surface area contributed by atoms with Gasteiger partial charge in [0.2, 0.25) is 5.91 Å². The predicted molar refractivity (Wildman–Crippen MR) is 83.7 cm³/mol. The third-order valence-electron chi connectivity index (χ3n) is 2.29. The van der Waals surface area contributed by atoms with Crippen LogP contribution < -0.4 is 5.73 Å². The van der Waals surface area contributed by atoms with E-state index >= 15 is 0 Å². The number of primary amides is 1. The number of nitrogens with two attached hydrogens (primary N) is 1. The van der Waals surface area contributed by atoms with Crippen LogP contribution in [0.25, 0.3) is 11.3 Å². The molecule has 0 fully saturated rings. The van der Waals surface area contributed by atoms with Crippen LogP contribution >= 0.6 is 0 Å². The summed E-state index contributed by atoms with van der Waals surface area (Å²) in [5, 5.41) is 0. The first kappa shape index (κ1) is 19.7. The first-order valence-electron chi connectivity index (χ1n) is 5.97. The van der Waals surface area contributed by atoms with E-state index in [9.17, 15) is 13.2 Å². The lowest BCUT2D eigenvalue weighted by atomic mass is 10.1. The van der Waals surface area contributed by atoms with Gasteiger partial charge in [-0.15, -0.1) is 0 Å². The zero-order chi connectivity index (χ0) is 15.9. The molecule has 1 aromatic carbocycles. The van der Waals surface area contributed by atoms with Crippen molar-refractivity contribution >= 4 is 16.0 Å². The minimum atomic E-state index is -3.67. The summed E-state index contributed by atoms with van der Waals surface area (Å²) in [4.78, 5) is 15.0. The van der Waals surface area contributed by atoms with E-state index in [2.05, 4.69) is 4.98 Å². The van der Waals surface area contributed by atoms with Crippen LogP contribution in [0.2, 0.25) is 0 Å². The third kappa shape index (κ3) is 8.80. The van der Waals surface area contributed by atoms with Gasteiger partial charge in [0.1, 0.15) is 0 Å². The van der Waals surface area contributed by atoms with E-state index in [1.165, 1.54) is 0 Å². The quantitative estimate of drug-likeness (QED) is 0.788. The lowest BCUT2D eigenvalue weighted by Crippen LogP contribution is -2.13. The van der Waals surface area contributed by atoms with Crippen molar-refractivity contribution in [3.8, 4) is 11.3 Å². The Labute approximate surface area is 128 Å². The van der Waals surface area contributed by atoms with Gasteiger partial charge in [0.15, 0.2) is 0 Å². The number of hydrogen-bond donors (Lipinski definition) is 2. The van der Waals surface area contributed by atoms with Gasteiger partial charge < -0.3 is 11.2 Å². The Kier molecular flexibility index (Phi) is 7.95. The average Bonchev–Trinajstić information content (AvgIpc) is 2.38. The van der Waals surface area contributed by atoms with Gasteiger partial charge in [0.05, 0.1) is 18.4 Å². The van der Waals surface area contributed by atoms with Gasteiger partial charge in [0, 0.05) is 11.8 Å². The van der Waals surface area contributed by atoms with Gasteiger partial charge in [-0.05, 0) is 17.7 Å². The molecule has 1 amide bonds. The maximum atomic E-state index is 10.7. The number of pyridine rings is 1. The van der Waals surface area contributed by atoms with E-state index in [0.29, 0.717) is 6.26 Å². The molecule has 0 saturated carbocycles. The van der Waals surface area contributed by atoms with E-state index in [-0.39, 0.29) is 17.8 Å². The second-order valence-corrected chi connectivity index (χ2v) is 5.75. The molecule has 0 aliphatic rings. The van der Waals surface area contributed by atoms with Crippen LogP contribution in [0, 0.1) is 0 Å². The van der Waals surface area contributed by atoms with Crippen LogP contribution in [0.15, 0.2) is 48.7 Å². The van der Waals surface area contributed by atoms with E-state index in [1.54, 1.807) is 6.20 Å². The van der Waals surface area contributed by atoms with Gasteiger partial charge in [-0.3, -0.25) is 14.3 Å². The van der Waals surface area contributed by atoms with Crippen molar-refractivity contribution < 1.29 is 23.2 Å². The van der Waals surface area contributed by atoms with Gasteiger partial charge >= 0.3 is 0 Å². The molecule has 0 aliphatic carbocycles. The molecular weight excluding hydrogens is 308 g/mol. The lowest BCUT2D eigenvalue weighted by Gasteiger charge is -2.02. The van der Waals surface area contributed by atoms with Crippen molar-refractivity contribution in [2.24, 2.45) is 5.73 Å². The van der Waals surface area contributed by atoms with Crippen molar-refractivity contribution in [3.05, 3.63) is 54.2 Å². The molecule has 1 heterocycles. The Bertz CT molecular complexity index is 677. The van der Waals surface area contributed by atoms with Gasteiger partial charge in [-0.25, -0.2) is 0 Å². The molecule has 7 nitrogen and oxygen atoms in total. The summed E-state index contributed by atoms with van der Waals surface area (Å²) in [5.41, 5.74) is 8.01. The Morgan fingerprint density at radius 2 is 1.73 bits per heavy atom. The van der Waals surface area contributed by atoms with Crippen molar-refractivity contribution in [2.45, 2.75) is 6.42 Å². The summed E-state index contributed by atoms with van der Waals surface area (Å²) < 4.78 is 25.9. The number of hydrogen-bond acceptors (Lipinski definition) is 4. The molecule has 0 bridgehead atoms. The Hall–Kier alpha value is -2.29. The molecule has 0 saturated heterocycles. The zero-order valence-corrected chi connectivity index (χ0v) is 12.7. The molecule has 2 rings (SSSR count). The minimum Gasteiger partial charge on any atom is -0.412 e. The summed E-state index contributed by atoms with van der Waals surface area (Å²) in [7, 11) is -3.67. The molecule has 1 aromatic heterocycles. The Balaban J connectivity index is 0.000000644. The molecule has 0 atom stereocenters. The fraction of sp³-hybridized carbons (Fsp3) is 0.143. The van der Waals surface area contributed by atoms with Gasteiger partial charge in [-0.1, -0.05) is 30.3 Å². The number of nitrogens with zero attached hydrogens (tertiary/aromatic N) is 1. The standard InChI is InChI=1S/C13H12N2O.CH4O3S.H2O/c14-13(16)9-10-4-6-11(7-5-10)12-3-1-2-8-15-12;1-5(2,3)4;/h1-8H,9H2,(H2,14,16);1H3,(H,2,3,4);1H2. The van der Waals surface area contributed by atoms with Crippen LogP contribution in [0.1, 0.15) is 5.56 Å². The zero-order valence-electron chi connectivity index (χ0n) is 11.9. The molecule has 2 aromatic rings. The predicted octanol–water partition coefficient (Wildman–Crippen LogP) is 0.456. The normalized spacial score (nSPS) is 9.91. The number of rotatable bonds is 3. The van der Waals surface area contributed by atoms with Crippen LogP contribution in [-0.2, 0) is 21.3 Å². The first-order chi connectivity index (χ1) is 9.75. The maximum Gasteiger partial charge on any atom is 0.261 e. The van der Waals surface area contributed by atoms with Crippen molar-refractivity contribution in [1.82, 2.24) is 4.98 Å². The number of carbonyl (C=O) groups is 1. The maximum absolute atomic E-state index is 10.7. The molecule has 0 unspecified atom stereocenters. The van der Waals surface area contributed by atoms with Crippen LogP contribution in [0.4, 0.5) is 0 Å². The number of benzene rings is 1. The van der Waals surface area contributed by atoms with Gasteiger partial charge in [-0.2, -0.15) is 8.42 Å². The largest absolute Gasteiger partial charge is 0.412 e. The molecule has 5 N–H and O–H groups in total. The lowest BCUT2D eigenvalue weighted by molar-refractivity contribution is -0.117. The van der Waals surface area contributed by atoms with Crippen molar-refractivity contribution in [1.29, 1.82) is 0 Å². The molecule has 0 aliphatic heterocycles. The van der Waals surface area contributed by atoms with Crippen molar-refractivity contribution in [2.75, 3.05) is 6.26 Å². The van der Waals surface area contributed by atoms with Crippen molar-refractivity contribution in [3.63, 3.8) is 0 Å². The molecule has 8 heteroatoms. The number of carbonyl (C=O) groups excluding carboxylic acids is 1. The van der Waals surface area contributed by atoms with Crippen LogP contribution in [0.5, 0.6) is 0 Å². The SMILES string of the molecule is CS(=O)(=O)O.NC(=O)Cc1ccc(-c2ccccn2)cc1.O. The summed E-state index contributed by atoms with van der Waals surface area (Å²) >= 11 is 0. The second-order valence-electron chi connectivity index (χ2n) is 4.29. The third-order valence-corrected chi connectivity index (χ3v) is 2.29. The van der Waals surface area contributed by atoms with E-state index in [1.807, 2.05) is 42.5 Å². The molecule has 120 valence electrons. The second kappa shape index (κ2) is 8.88.